The molecule has 2 aromatic rings. The van der Waals surface area contributed by atoms with Crippen LogP contribution in [0.25, 0.3) is 11.1 Å². The number of aliphatic imine (C=N–C) groups is 2. The summed E-state index contributed by atoms with van der Waals surface area (Å²) >= 11 is 0. The van der Waals surface area contributed by atoms with Gasteiger partial charge in [0.05, 0.1) is 0 Å². The number of carbonyl (C=O) groups excluding carboxylic acids is 5. The number of hydrogen-bond acceptors (Lipinski definition) is 9. The van der Waals surface area contributed by atoms with Crippen LogP contribution in [0.2, 0.25) is 0 Å². The largest absolute Gasteiger partial charge is 0.444 e. The number of aryl methyl sites for hydroxylation is 2. The van der Waals surface area contributed by atoms with E-state index in [1.807, 2.05) is 0 Å². The van der Waals surface area contributed by atoms with Crippen LogP contribution in [0.3, 0.4) is 0 Å². The van der Waals surface area contributed by atoms with Gasteiger partial charge in [-0.25, -0.2) is 28.0 Å². The molecule has 16 nitrogen and oxygen atoms in total. The first-order chi connectivity index (χ1) is 29.9. The van der Waals surface area contributed by atoms with Crippen LogP contribution in [0.15, 0.2) is 46.4 Å². The molecule has 0 radical (unpaired) electrons. The van der Waals surface area contributed by atoms with Crippen LogP contribution >= 0.6 is 0 Å². The van der Waals surface area contributed by atoms with E-state index in [1.165, 1.54) is 6.07 Å². The Morgan fingerprint density at radius 1 is 0.569 bits per heavy atom. The Morgan fingerprint density at radius 3 is 1.32 bits per heavy atom. The van der Waals surface area contributed by atoms with Crippen LogP contribution in [-0.4, -0.2) is 101 Å². The van der Waals surface area contributed by atoms with Crippen molar-refractivity contribution in [3.8, 4) is 0 Å². The van der Waals surface area contributed by atoms with Crippen molar-refractivity contribution in [3.05, 3.63) is 75.9 Å². The van der Waals surface area contributed by atoms with Gasteiger partial charge in [-0.3, -0.25) is 15.4 Å². The third-order valence-corrected chi connectivity index (χ3v) is 9.24. The molecule has 2 heterocycles. The minimum absolute atomic E-state index is 0.0560. The van der Waals surface area contributed by atoms with Crippen molar-refractivity contribution in [2.24, 2.45) is 9.98 Å². The van der Waals surface area contributed by atoms with Crippen molar-refractivity contribution in [2.75, 3.05) is 31.5 Å². The van der Waals surface area contributed by atoms with Gasteiger partial charge in [0, 0.05) is 48.6 Å². The number of benzene rings is 2. The van der Waals surface area contributed by atoms with Crippen LogP contribution in [-0.2, 0) is 18.9 Å². The maximum Gasteiger partial charge on any atom is 0.437 e. The Bertz CT molecular complexity index is 2310. The van der Waals surface area contributed by atoms with Crippen LogP contribution in [0.4, 0.5) is 33.6 Å². The number of amides is 5. The third-order valence-electron chi connectivity index (χ3n) is 9.24. The molecule has 2 aromatic carbocycles. The van der Waals surface area contributed by atoms with Crippen molar-refractivity contribution in [2.45, 2.75) is 132 Å². The lowest BCUT2D eigenvalue weighted by molar-refractivity contribution is 0.0536. The molecule has 65 heavy (non-hydrogen) atoms. The van der Waals surface area contributed by atoms with Gasteiger partial charge >= 0.3 is 24.4 Å². The molecule has 0 saturated carbocycles. The van der Waals surface area contributed by atoms with Gasteiger partial charge in [-0.05, 0) is 156 Å². The van der Waals surface area contributed by atoms with Gasteiger partial charge in [-0.1, -0.05) is 12.2 Å². The quantitative estimate of drug-likeness (QED) is 0.150. The van der Waals surface area contributed by atoms with Crippen LogP contribution < -0.4 is 16.0 Å². The zero-order valence-corrected chi connectivity index (χ0v) is 39.9. The van der Waals surface area contributed by atoms with Crippen LogP contribution in [0.1, 0.15) is 129 Å². The number of rotatable bonds is 4. The molecule has 18 heteroatoms. The smallest absolute Gasteiger partial charge is 0.437 e. The molecule has 0 aromatic heterocycles. The van der Waals surface area contributed by atoms with E-state index in [9.17, 15) is 24.0 Å². The molecular formula is C47H63F2N7O9. The van der Waals surface area contributed by atoms with Gasteiger partial charge < -0.3 is 34.1 Å². The van der Waals surface area contributed by atoms with Gasteiger partial charge in [0.2, 0.25) is 11.9 Å². The molecule has 0 unspecified atom stereocenters. The molecule has 4 rings (SSSR count). The molecule has 0 atom stereocenters. The van der Waals surface area contributed by atoms with E-state index < -0.39 is 64.3 Å². The first kappa shape index (κ1) is 51.3. The summed E-state index contributed by atoms with van der Waals surface area (Å²) < 4.78 is 53.0. The van der Waals surface area contributed by atoms with E-state index in [1.54, 1.807) is 131 Å². The van der Waals surface area contributed by atoms with Gasteiger partial charge in [0.25, 0.3) is 5.91 Å². The fraction of sp³-hybridized carbons (Fsp3) is 0.511. The second-order valence-corrected chi connectivity index (χ2v) is 19.7. The van der Waals surface area contributed by atoms with Gasteiger partial charge in [0.15, 0.2) is 0 Å². The zero-order chi connectivity index (χ0) is 48.8. The monoisotopic (exact) mass is 907 g/mol. The number of ether oxygens (including phenoxy) is 4. The number of anilines is 1. The van der Waals surface area contributed by atoms with E-state index >= 15 is 8.78 Å². The van der Waals surface area contributed by atoms with Crippen molar-refractivity contribution in [1.82, 2.24) is 20.4 Å². The van der Waals surface area contributed by atoms with Crippen molar-refractivity contribution in [1.29, 1.82) is 0 Å². The van der Waals surface area contributed by atoms with Crippen LogP contribution in [0.5, 0.6) is 0 Å². The first-order valence-electron chi connectivity index (χ1n) is 21.3. The highest BCUT2D eigenvalue weighted by Crippen LogP contribution is 2.31. The number of hydrogen-bond donors (Lipinski definition) is 3. The number of halogens is 2. The van der Waals surface area contributed by atoms with Crippen LogP contribution in [0, 0.1) is 25.5 Å². The number of carbonyl (C=O) groups is 5. The number of alkyl carbamates (subject to hydrolysis) is 2. The molecule has 3 N–H and O–H groups in total. The molecule has 0 spiro atoms. The molecular weight excluding hydrogens is 845 g/mol. The molecule has 0 bridgehead atoms. The highest BCUT2D eigenvalue weighted by Gasteiger charge is 2.28. The topological polar surface area (TPSA) is 190 Å². The Morgan fingerprint density at radius 2 is 0.954 bits per heavy atom. The normalized spacial score (nSPS) is 15.3. The summed E-state index contributed by atoms with van der Waals surface area (Å²) in [5.74, 6) is -2.04. The highest BCUT2D eigenvalue weighted by molar-refractivity contribution is 6.06. The molecule has 0 fully saturated rings. The van der Waals surface area contributed by atoms with Gasteiger partial charge in [0.1, 0.15) is 34.0 Å². The molecule has 5 amide bonds. The number of nitrogens with one attached hydrogen (secondary N) is 3. The number of nitrogens with zero attached hydrogens (tertiary/aromatic N) is 4. The minimum Gasteiger partial charge on any atom is -0.444 e. The maximum atomic E-state index is 15.8. The average Bonchev–Trinajstić information content (AvgIpc) is 3.13. The fourth-order valence-electron chi connectivity index (χ4n) is 6.52. The van der Waals surface area contributed by atoms with E-state index in [-0.39, 0.29) is 54.9 Å². The standard InChI is InChI=1S/C47H63F2N7O9/c1-27-23-32(29-15-19-55(20-16-29)38(51-40(58)62-44(3,4)5)52-41(59)63-45(6,7)8)34(48)25-31(27)37(57)50-36-26-35(49)33(24-28(36)2)30-17-21-56(22-18-30)39(53-42(60)64-46(9,10)11)54-43(61)65-47(12,13)14/h15,17,23-26H,16,18-22H2,1-14H3,(H,50,57)(H,51,52,58,59)(H,53,54,60,61). The van der Waals surface area contributed by atoms with E-state index in [4.69, 9.17) is 18.9 Å². The number of guanidine groups is 2. The Hall–Kier alpha value is -6.33. The Kier molecular flexibility index (Phi) is 16.0. The molecule has 354 valence electrons. The molecule has 0 aliphatic carbocycles. The molecule has 2 aliphatic heterocycles. The zero-order valence-electron chi connectivity index (χ0n) is 39.9. The summed E-state index contributed by atoms with van der Waals surface area (Å²) in [6, 6.07) is 5.54. The summed E-state index contributed by atoms with van der Waals surface area (Å²) in [4.78, 5) is 75.4. The third kappa shape index (κ3) is 16.0. The van der Waals surface area contributed by atoms with E-state index in [2.05, 4.69) is 25.9 Å². The predicted molar refractivity (Wildman–Crippen MR) is 245 cm³/mol. The second-order valence-electron chi connectivity index (χ2n) is 19.7. The van der Waals surface area contributed by atoms with E-state index in [0.717, 1.165) is 6.07 Å². The predicted octanol–water partition coefficient (Wildman–Crippen LogP) is 9.64. The summed E-state index contributed by atoms with van der Waals surface area (Å²) in [6.45, 7) is 24.5. The van der Waals surface area contributed by atoms with E-state index in [0.29, 0.717) is 40.7 Å². The SMILES string of the molecule is Cc1cc(C2=CCN(/C(=N\C(=O)OC(C)(C)C)NC(=O)OC(C)(C)C)CC2)c(F)cc1NC(=O)c1cc(F)c(C2=CCN(/C(=N\C(=O)OC(C)(C)C)NC(=O)OC(C)(C)C)CC2)cc1C. The van der Waals surface area contributed by atoms with Crippen molar-refractivity contribution in [3.63, 3.8) is 0 Å². The van der Waals surface area contributed by atoms with Gasteiger partial charge in [-0.15, -0.1) is 9.98 Å². The Balaban J connectivity index is 1.49. The fourth-order valence-corrected chi connectivity index (χ4v) is 6.52. The first-order valence-corrected chi connectivity index (χ1v) is 21.3. The molecule has 2 aliphatic rings. The second kappa shape index (κ2) is 20.2. The average molecular weight is 908 g/mol. The van der Waals surface area contributed by atoms with Crippen molar-refractivity contribution < 1.29 is 51.7 Å². The van der Waals surface area contributed by atoms with Gasteiger partial charge in [-0.2, -0.15) is 0 Å². The summed E-state index contributed by atoms with van der Waals surface area (Å²) in [5, 5.41) is 7.80. The summed E-state index contributed by atoms with van der Waals surface area (Å²) in [7, 11) is 0. The lowest BCUT2D eigenvalue weighted by Gasteiger charge is -2.30. The lowest BCUT2D eigenvalue weighted by Crippen LogP contribution is -2.48. The van der Waals surface area contributed by atoms with Crippen molar-refractivity contribution >= 4 is 59.0 Å². The minimum atomic E-state index is -0.910. The highest BCUT2D eigenvalue weighted by atomic mass is 19.1. The summed E-state index contributed by atoms with van der Waals surface area (Å²) in [5.41, 5.74) is -0.108. The summed E-state index contributed by atoms with van der Waals surface area (Å²) in [6.07, 6.45) is 0.667. The molecule has 0 saturated heterocycles. The lowest BCUT2D eigenvalue weighted by atomic mass is 9.94. The maximum absolute atomic E-state index is 15.8. The Labute approximate surface area is 379 Å².